The van der Waals surface area contributed by atoms with Crippen molar-refractivity contribution in [2.45, 2.75) is 12.5 Å². The second-order valence-corrected chi connectivity index (χ2v) is 5.74. The Morgan fingerprint density at radius 2 is 2.14 bits per heavy atom. The minimum absolute atomic E-state index is 0.115. The van der Waals surface area contributed by atoms with Gasteiger partial charge in [-0.05, 0) is 31.0 Å². The molecule has 3 heterocycles. The fourth-order valence-electron chi connectivity index (χ4n) is 3.47. The Labute approximate surface area is 126 Å². The van der Waals surface area contributed by atoms with Crippen LogP contribution in [0.4, 0.5) is 10.1 Å². The van der Waals surface area contributed by atoms with E-state index >= 15 is 0 Å². The average Bonchev–Trinajstić information content (AvgIpc) is 3.03. The van der Waals surface area contributed by atoms with E-state index in [1.807, 2.05) is 0 Å². The van der Waals surface area contributed by atoms with Gasteiger partial charge in [0.2, 0.25) is 0 Å². The predicted molar refractivity (Wildman–Crippen MR) is 78.8 cm³/mol. The first-order valence-corrected chi connectivity index (χ1v) is 7.41. The molecular formula is C15H16FN5O. The highest BCUT2D eigenvalue weighted by Crippen LogP contribution is 2.37. The van der Waals surface area contributed by atoms with Crippen LogP contribution in [-0.4, -0.2) is 47.0 Å². The van der Waals surface area contributed by atoms with Crippen LogP contribution in [0.2, 0.25) is 0 Å². The van der Waals surface area contributed by atoms with E-state index in [0.29, 0.717) is 23.8 Å². The summed E-state index contributed by atoms with van der Waals surface area (Å²) in [6.07, 6.45) is 4.77. The van der Waals surface area contributed by atoms with Crippen molar-refractivity contribution in [1.82, 2.24) is 20.3 Å². The van der Waals surface area contributed by atoms with Crippen LogP contribution >= 0.6 is 0 Å². The zero-order valence-electron chi connectivity index (χ0n) is 11.9. The summed E-state index contributed by atoms with van der Waals surface area (Å²) in [5.74, 6) is 0.151. The number of fused-ring (bicyclic) bond motifs is 1. The molecule has 2 aromatic rings. The van der Waals surface area contributed by atoms with Gasteiger partial charge in [-0.1, -0.05) is 0 Å². The van der Waals surface area contributed by atoms with E-state index in [2.05, 4.69) is 20.4 Å². The summed E-state index contributed by atoms with van der Waals surface area (Å²) in [6.45, 7) is 2.85. The van der Waals surface area contributed by atoms with Gasteiger partial charge in [0, 0.05) is 19.1 Å². The summed E-state index contributed by atoms with van der Waals surface area (Å²) < 4.78 is 14.2. The van der Waals surface area contributed by atoms with Gasteiger partial charge in [0.05, 0.1) is 23.6 Å². The first-order valence-electron chi connectivity index (χ1n) is 7.41. The number of anilines is 1. The lowest BCUT2D eigenvalue weighted by Crippen LogP contribution is -2.64. The van der Waals surface area contributed by atoms with Crippen LogP contribution < -0.4 is 10.2 Å². The van der Waals surface area contributed by atoms with Crippen LogP contribution in [0.1, 0.15) is 16.8 Å². The molecule has 0 spiro atoms. The van der Waals surface area contributed by atoms with Gasteiger partial charge in [-0.3, -0.25) is 4.79 Å². The number of benzene rings is 1. The highest BCUT2D eigenvalue weighted by Gasteiger charge is 2.41. The second-order valence-electron chi connectivity index (χ2n) is 5.74. The summed E-state index contributed by atoms with van der Waals surface area (Å²) in [6, 6.07) is 3.43. The molecule has 2 aliphatic rings. The van der Waals surface area contributed by atoms with Gasteiger partial charge in [-0.2, -0.15) is 10.2 Å². The van der Waals surface area contributed by atoms with Crippen molar-refractivity contribution >= 4 is 12.0 Å². The maximum absolute atomic E-state index is 14.2. The molecule has 6 nitrogen and oxygen atoms in total. The molecule has 0 unspecified atom stereocenters. The largest absolute Gasteiger partial charge is 0.366 e. The van der Waals surface area contributed by atoms with Crippen molar-refractivity contribution in [3.8, 4) is 5.69 Å². The molecule has 0 bridgehead atoms. The summed E-state index contributed by atoms with van der Waals surface area (Å²) >= 11 is 0. The number of hydrogen-bond acceptors (Lipinski definition) is 5. The lowest BCUT2D eigenvalue weighted by Gasteiger charge is -2.52. The summed E-state index contributed by atoms with van der Waals surface area (Å²) in [5, 5.41) is 11.3. The Kier molecular flexibility index (Phi) is 3.15. The van der Waals surface area contributed by atoms with E-state index in [1.54, 1.807) is 6.07 Å². The van der Waals surface area contributed by atoms with Crippen LogP contribution in [0.15, 0.2) is 24.5 Å². The van der Waals surface area contributed by atoms with Crippen LogP contribution in [0.5, 0.6) is 0 Å². The van der Waals surface area contributed by atoms with Crippen molar-refractivity contribution in [1.29, 1.82) is 0 Å². The highest BCUT2D eigenvalue weighted by molar-refractivity contribution is 5.90. The molecule has 2 aliphatic heterocycles. The highest BCUT2D eigenvalue weighted by atomic mass is 19.1. The molecule has 22 heavy (non-hydrogen) atoms. The minimum atomic E-state index is -0.499. The molecular weight excluding hydrogens is 285 g/mol. The number of carbonyl (C=O) groups excluding carboxylic acids is 1. The smallest absolute Gasteiger partial charge is 0.154 e. The molecule has 0 aliphatic carbocycles. The standard InChI is InChI=1S/C15H16FN5O/c16-12-1-2-13(20-8-10-3-4-17-7-14(10)20)11(9-22)15(12)21-18-5-6-19-21/h1-2,5-6,9-10,14,17H,3-4,7-8H2/t10-,14-/m1/s1. The molecule has 2 atom stereocenters. The van der Waals surface area contributed by atoms with E-state index in [-0.39, 0.29) is 5.69 Å². The van der Waals surface area contributed by atoms with E-state index in [0.717, 1.165) is 31.7 Å². The lowest BCUT2D eigenvalue weighted by atomic mass is 9.82. The van der Waals surface area contributed by atoms with E-state index < -0.39 is 5.82 Å². The fourth-order valence-corrected chi connectivity index (χ4v) is 3.47. The number of piperidine rings is 1. The molecule has 2 saturated heterocycles. The number of aldehydes is 1. The summed E-state index contributed by atoms with van der Waals surface area (Å²) in [5.41, 5.74) is 1.18. The number of rotatable bonds is 3. The molecule has 7 heteroatoms. The summed E-state index contributed by atoms with van der Waals surface area (Å²) in [4.78, 5) is 15.0. The van der Waals surface area contributed by atoms with Crippen molar-refractivity contribution in [2.75, 3.05) is 24.5 Å². The molecule has 2 fully saturated rings. The van der Waals surface area contributed by atoms with Crippen molar-refractivity contribution in [2.24, 2.45) is 5.92 Å². The third kappa shape index (κ3) is 1.93. The maximum Gasteiger partial charge on any atom is 0.154 e. The lowest BCUT2D eigenvalue weighted by molar-refractivity contribution is 0.112. The molecule has 0 amide bonds. The second kappa shape index (κ2) is 5.17. The van der Waals surface area contributed by atoms with Gasteiger partial charge in [-0.15, -0.1) is 4.80 Å². The van der Waals surface area contributed by atoms with Crippen molar-refractivity contribution in [3.63, 3.8) is 0 Å². The molecule has 0 saturated carbocycles. The van der Waals surface area contributed by atoms with Crippen molar-refractivity contribution in [3.05, 3.63) is 35.9 Å². The summed E-state index contributed by atoms with van der Waals surface area (Å²) in [7, 11) is 0. The van der Waals surface area contributed by atoms with Gasteiger partial charge < -0.3 is 10.2 Å². The Morgan fingerprint density at radius 3 is 2.86 bits per heavy atom. The van der Waals surface area contributed by atoms with Gasteiger partial charge in [0.15, 0.2) is 12.1 Å². The van der Waals surface area contributed by atoms with Gasteiger partial charge in [0.1, 0.15) is 5.69 Å². The SMILES string of the molecule is O=Cc1c(N2C[C@H]3CCNC[C@H]32)ccc(F)c1-n1nccn1. The normalized spacial score (nSPS) is 23.8. The number of aromatic nitrogens is 3. The monoisotopic (exact) mass is 301 g/mol. The molecule has 1 aromatic heterocycles. The molecule has 114 valence electrons. The Bertz CT molecular complexity index is 702. The number of carbonyl (C=O) groups is 1. The van der Waals surface area contributed by atoms with Gasteiger partial charge in [0.25, 0.3) is 0 Å². The van der Waals surface area contributed by atoms with Gasteiger partial charge >= 0.3 is 0 Å². The quantitative estimate of drug-likeness (QED) is 0.858. The topological polar surface area (TPSA) is 63.1 Å². The maximum atomic E-state index is 14.2. The third-order valence-electron chi connectivity index (χ3n) is 4.61. The van der Waals surface area contributed by atoms with Crippen molar-refractivity contribution < 1.29 is 9.18 Å². The molecule has 1 aromatic carbocycles. The predicted octanol–water partition coefficient (Wildman–Crippen LogP) is 1.02. The Balaban J connectivity index is 1.77. The number of nitrogens with one attached hydrogen (secondary N) is 1. The molecule has 4 rings (SSSR count). The van der Waals surface area contributed by atoms with Crippen LogP contribution in [0, 0.1) is 11.7 Å². The fraction of sp³-hybridized carbons (Fsp3) is 0.400. The first kappa shape index (κ1) is 13.4. The zero-order valence-corrected chi connectivity index (χ0v) is 11.9. The molecule has 0 radical (unpaired) electrons. The van der Waals surface area contributed by atoms with Crippen LogP contribution in [-0.2, 0) is 0 Å². The first-order chi connectivity index (χ1) is 10.8. The average molecular weight is 301 g/mol. The van der Waals surface area contributed by atoms with Crippen LogP contribution in [0.25, 0.3) is 5.69 Å². The van der Waals surface area contributed by atoms with Gasteiger partial charge in [-0.25, -0.2) is 4.39 Å². The minimum Gasteiger partial charge on any atom is -0.366 e. The third-order valence-corrected chi connectivity index (χ3v) is 4.61. The number of hydrogen-bond donors (Lipinski definition) is 1. The number of nitrogens with zero attached hydrogens (tertiary/aromatic N) is 4. The zero-order chi connectivity index (χ0) is 15.1. The Morgan fingerprint density at radius 1 is 1.32 bits per heavy atom. The number of halogens is 1. The van der Waals surface area contributed by atoms with E-state index in [9.17, 15) is 9.18 Å². The van der Waals surface area contributed by atoms with Crippen LogP contribution in [0.3, 0.4) is 0 Å². The Hall–Kier alpha value is -2.28. The van der Waals surface area contributed by atoms with E-state index in [1.165, 1.54) is 23.3 Å². The molecule has 1 N–H and O–H groups in total. The van der Waals surface area contributed by atoms with E-state index in [4.69, 9.17) is 0 Å².